The third-order valence-corrected chi connectivity index (χ3v) is 6.72. The first kappa shape index (κ1) is 26.1. The molecule has 0 aliphatic heterocycles. The number of aromatic nitrogens is 3. The second-order valence-electron chi connectivity index (χ2n) is 7.92. The Bertz CT molecular complexity index is 1330. The topological polar surface area (TPSA) is 61.5 Å². The summed E-state index contributed by atoms with van der Waals surface area (Å²) in [4.78, 5) is 0. The van der Waals surface area contributed by atoms with E-state index in [1.807, 2.05) is 66.7 Å². The SMILES string of the molecule is CCCc1nnc(SCc2ccc(Cl)cc2)n1/N=C/c1cccc(OC)c1OCc1cccc(Cl)c1. The molecule has 6 nitrogen and oxygen atoms in total. The third kappa shape index (κ3) is 6.81. The van der Waals surface area contributed by atoms with Gasteiger partial charge in [-0.05, 0) is 53.9 Å². The minimum atomic E-state index is 0.345. The first-order valence-corrected chi connectivity index (χ1v) is 13.2. The lowest BCUT2D eigenvalue weighted by Crippen LogP contribution is -2.03. The molecule has 36 heavy (non-hydrogen) atoms. The van der Waals surface area contributed by atoms with Gasteiger partial charge in [0.15, 0.2) is 17.3 Å². The van der Waals surface area contributed by atoms with Crippen LogP contribution in [0.1, 0.15) is 35.9 Å². The van der Waals surface area contributed by atoms with Gasteiger partial charge < -0.3 is 9.47 Å². The van der Waals surface area contributed by atoms with Gasteiger partial charge in [0, 0.05) is 27.8 Å². The third-order valence-electron chi connectivity index (χ3n) is 5.25. The Morgan fingerprint density at radius 2 is 1.78 bits per heavy atom. The largest absolute Gasteiger partial charge is 0.493 e. The Kier molecular flexibility index (Phi) is 9.28. The van der Waals surface area contributed by atoms with E-state index in [-0.39, 0.29) is 0 Å². The summed E-state index contributed by atoms with van der Waals surface area (Å²) in [7, 11) is 1.62. The van der Waals surface area contributed by atoms with Crippen LogP contribution in [0.5, 0.6) is 11.5 Å². The van der Waals surface area contributed by atoms with Crippen molar-refractivity contribution in [2.24, 2.45) is 5.10 Å². The Hall–Kier alpha value is -3.00. The normalized spacial score (nSPS) is 11.2. The number of hydrogen-bond donors (Lipinski definition) is 0. The minimum Gasteiger partial charge on any atom is -0.493 e. The molecule has 0 radical (unpaired) electrons. The fourth-order valence-electron chi connectivity index (χ4n) is 3.46. The molecule has 0 amide bonds. The molecule has 0 atom stereocenters. The lowest BCUT2D eigenvalue weighted by Gasteiger charge is -2.13. The van der Waals surface area contributed by atoms with Crippen LogP contribution in [0, 0.1) is 0 Å². The molecule has 0 bridgehead atoms. The molecule has 1 heterocycles. The fraction of sp³-hybridized carbons (Fsp3) is 0.222. The first-order chi connectivity index (χ1) is 17.6. The van der Waals surface area contributed by atoms with Gasteiger partial charge in [0.1, 0.15) is 6.61 Å². The quantitative estimate of drug-likeness (QED) is 0.147. The van der Waals surface area contributed by atoms with Gasteiger partial charge in [-0.25, -0.2) is 0 Å². The highest BCUT2D eigenvalue weighted by Crippen LogP contribution is 2.31. The van der Waals surface area contributed by atoms with Gasteiger partial charge in [-0.15, -0.1) is 10.2 Å². The van der Waals surface area contributed by atoms with E-state index in [4.69, 9.17) is 37.8 Å². The predicted octanol–water partition coefficient (Wildman–Crippen LogP) is 7.30. The summed E-state index contributed by atoms with van der Waals surface area (Å²) in [6.45, 7) is 2.45. The second kappa shape index (κ2) is 12.8. The van der Waals surface area contributed by atoms with Gasteiger partial charge in [0.25, 0.3) is 0 Å². The molecule has 0 unspecified atom stereocenters. The van der Waals surface area contributed by atoms with E-state index in [9.17, 15) is 0 Å². The highest BCUT2D eigenvalue weighted by atomic mass is 35.5. The van der Waals surface area contributed by atoms with E-state index < -0.39 is 0 Å². The van der Waals surface area contributed by atoms with Crippen molar-refractivity contribution in [2.45, 2.75) is 37.3 Å². The number of benzene rings is 3. The summed E-state index contributed by atoms with van der Waals surface area (Å²) in [5, 5.41) is 15.6. The van der Waals surface area contributed by atoms with Crippen LogP contribution in [0.15, 0.2) is 77.0 Å². The summed E-state index contributed by atoms with van der Waals surface area (Å²) in [5.74, 6) is 2.75. The van der Waals surface area contributed by atoms with Crippen molar-refractivity contribution in [1.29, 1.82) is 0 Å². The van der Waals surface area contributed by atoms with Crippen molar-refractivity contribution in [1.82, 2.24) is 14.9 Å². The van der Waals surface area contributed by atoms with Crippen LogP contribution in [0.3, 0.4) is 0 Å². The van der Waals surface area contributed by atoms with Crippen molar-refractivity contribution >= 4 is 41.2 Å². The molecule has 0 fully saturated rings. The molecule has 1 aromatic heterocycles. The molecular formula is C27H26Cl2N4O2S. The van der Waals surface area contributed by atoms with E-state index in [0.29, 0.717) is 33.3 Å². The maximum atomic E-state index is 6.16. The van der Waals surface area contributed by atoms with Crippen LogP contribution in [-0.4, -0.2) is 28.2 Å². The summed E-state index contributed by atoms with van der Waals surface area (Å²) >= 11 is 13.7. The molecule has 3 aromatic carbocycles. The van der Waals surface area contributed by atoms with Gasteiger partial charge in [0.2, 0.25) is 5.16 Å². The molecule has 186 valence electrons. The minimum absolute atomic E-state index is 0.345. The van der Waals surface area contributed by atoms with Crippen LogP contribution >= 0.6 is 35.0 Å². The lowest BCUT2D eigenvalue weighted by atomic mass is 10.2. The average molecular weight is 542 g/mol. The van der Waals surface area contributed by atoms with Crippen molar-refractivity contribution in [3.8, 4) is 11.5 Å². The number of hydrogen-bond acceptors (Lipinski definition) is 6. The number of methoxy groups -OCH3 is 1. The Morgan fingerprint density at radius 1 is 0.972 bits per heavy atom. The molecular weight excluding hydrogens is 515 g/mol. The number of para-hydroxylation sites is 1. The zero-order valence-corrected chi connectivity index (χ0v) is 22.4. The molecule has 9 heteroatoms. The Balaban J connectivity index is 1.58. The average Bonchev–Trinajstić information content (AvgIpc) is 3.27. The second-order valence-corrected chi connectivity index (χ2v) is 9.73. The van der Waals surface area contributed by atoms with Gasteiger partial charge in [-0.2, -0.15) is 9.78 Å². The smallest absolute Gasteiger partial charge is 0.212 e. The van der Waals surface area contributed by atoms with Crippen molar-refractivity contribution in [2.75, 3.05) is 7.11 Å². The van der Waals surface area contributed by atoms with Crippen LogP contribution in [-0.2, 0) is 18.8 Å². The van der Waals surface area contributed by atoms with E-state index in [2.05, 4.69) is 17.1 Å². The molecule has 0 saturated heterocycles. The summed E-state index contributed by atoms with van der Waals surface area (Å²) in [5.41, 5.74) is 2.88. The summed E-state index contributed by atoms with van der Waals surface area (Å²) < 4.78 is 13.5. The van der Waals surface area contributed by atoms with Crippen molar-refractivity contribution in [3.63, 3.8) is 0 Å². The van der Waals surface area contributed by atoms with Crippen molar-refractivity contribution < 1.29 is 9.47 Å². The number of rotatable bonds is 11. The van der Waals surface area contributed by atoms with Gasteiger partial charge in [-0.3, -0.25) is 0 Å². The van der Waals surface area contributed by atoms with Crippen molar-refractivity contribution in [3.05, 3.63) is 99.3 Å². The monoisotopic (exact) mass is 540 g/mol. The van der Waals surface area contributed by atoms with Crippen LogP contribution in [0.25, 0.3) is 0 Å². The number of halogens is 2. The Morgan fingerprint density at radius 3 is 2.53 bits per heavy atom. The number of thioether (sulfide) groups is 1. The summed E-state index contributed by atoms with van der Waals surface area (Å²) in [6.07, 6.45) is 3.45. The maximum Gasteiger partial charge on any atom is 0.212 e. The molecule has 4 rings (SSSR count). The summed E-state index contributed by atoms with van der Waals surface area (Å²) in [6, 6.07) is 21.1. The standard InChI is InChI=1S/C27H26Cl2N4O2S/c1-3-6-25-31-32-27(36-18-19-11-13-22(28)14-12-19)33(25)30-16-21-8-5-10-24(34-2)26(21)35-17-20-7-4-9-23(29)15-20/h4-5,7-16H,3,6,17-18H2,1-2H3/b30-16+. The zero-order chi connectivity index (χ0) is 25.3. The Labute approximate surface area is 225 Å². The van der Waals surface area contributed by atoms with Gasteiger partial charge >= 0.3 is 0 Å². The molecule has 0 N–H and O–H groups in total. The maximum absolute atomic E-state index is 6.16. The molecule has 0 aliphatic carbocycles. The number of ether oxygens (including phenoxy) is 2. The zero-order valence-electron chi connectivity index (χ0n) is 20.0. The van der Waals surface area contributed by atoms with E-state index in [1.54, 1.807) is 29.8 Å². The van der Waals surface area contributed by atoms with Crippen LogP contribution < -0.4 is 9.47 Å². The van der Waals surface area contributed by atoms with E-state index in [1.165, 1.54) is 0 Å². The first-order valence-electron chi connectivity index (χ1n) is 11.5. The van der Waals surface area contributed by atoms with E-state index in [0.717, 1.165) is 41.1 Å². The van der Waals surface area contributed by atoms with Gasteiger partial charge in [0.05, 0.1) is 13.3 Å². The molecule has 0 spiro atoms. The lowest BCUT2D eigenvalue weighted by molar-refractivity contribution is 0.284. The number of aryl methyl sites for hydroxylation is 1. The van der Waals surface area contributed by atoms with E-state index >= 15 is 0 Å². The molecule has 0 aliphatic rings. The highest BCUT2D eigenvalue weighted by molar-refractivity contribution is 7.98. The fourth-order valence-corrected chi connectivity index (χ4v) is 4.66. The van der Waals surface area contributed by atoms with Crippen LogP contribution in [0.2, 0.25) is 10.0 Å². The molecule has 0 saturated carbocycles. The number of nitrogens with zero attached hydrogens (tertiary/aromatic N) is 4. The van der Waals surface area contributed by atoms with Gasteiger partial charge in [-0.1, -0.05) is 72.2 Å². The highest BCUT2D eigenvalue weighted by Gasteiger charge is 2.14. The van der Waals surface area contributed by atoms with Crippen LogP contribution in [0.4, 0.5) is 0 Å². The molecule has 4 aromatic rings. The predicted molar refractivity (Wildman–Crippen MR) is 147 cm³/mol.